The molecule has 0 spiro atoms. The van der Waals surface area contributed by atoms with Crippen LogP contribution in [0.4, 0.5) is 0 Å². The third-order valence-corrected chi connectivity index (χ3v) is 6.60. The van der Waals surface area contributed by atoms with Crippen molar-refractivity contribution >= 4 is 45.5 Å². The number of rotatable bonds is 6. The van der Waals surface area contributed by atoms with Crippen LogP contribution >= 0.6 is 0 Å². The van der Waals surface area contributed by atoms with E-state index in [1.807, 2.05) is 24.3 Å². The van der Waals surface area contributed by atoms with Gasteiger partial charge in [0.15, 0.2) is 23.1 Å². The molecule has 0 aliphatic rings. The SMILES string of the molecule is CC(=O)c1cc[c-]cc1.CC(=O)c1cc[c-]cc1.CC(=O)c1ccc(C(C)=O)cc1.CC(=O)c1ccc2cc(C(C)=O)ccc2c1.[W+2]. The molecular weight excluding hydrogens is 760 g/mol. The molecule has 0 heterocycles. The van der Waals surface area contributed by atoms with Crippen molar-refractivity contribution < 1.29 is 49.8 Å². The summed E-state index contributed by atoms with van der Waals surface area (Å²) in [6.45, 7) is 9.20. The predicted octanol–water partition coefficient (Wildman–Crippen LogP) is 8.71. The number of fused-ring (bicyclic) bond motifs is 1. The molecule has 5 aromatic rings. The van der Waals surface area contributed by atoms with Crippen LogP contribution in [0.1, 0.15) is 104 Å². The van der Waals surface area contributed by atoms with E-state index in [-0.39, 0.29) is 55.8 Å². The van der Waals surface area contributed by atoms with Gasteiger partial charge in [-0.2, -0.15) is 60.7 Å². The van der Waals surface area contributed by atoms with Crippen LogP contribution in [0.3, 0.4) is 0 Å². The van der Waals surface area contributed by atoms with Gasteiger partial charge in [-0.15, -0.1) is 0 Å². The maximum atomic E-state index is 11.2. The summed E-state index contributed by atoms with van der Waals surface area (Å²) in [6, 6.07) is 37.3. The minimum Gasteiger partial charge on any atom is -0.297 e. The van der Waals surface area contributed by atoms with Gasteiger partial charge in [-0.1, -0.05) is 59.7 Å². The number of carbonyl (C=O) groups excluding carboxylic acids is 6. The summed E-state index contributed by atoms with van der Waals surface area (Å²) < 4.78 is 0. The summed E-state index contributed by atoms with van der Waals surface area (Å²) in [6.07, 6.45) is 0. The number of carbonyl (C=O) groups is 6. The Morgan fingerprint density at radius 1 is 0.340 bits per heavy atom. The van der Waals surface area contributed by atoms with Gasteiger partial charge in [0.05, 0.1) is 0 Å². The number of hydrogen-bond donors (Lipinski definition) is 0. The van der Waals surface area contributed by atoms with Crippen LogP contribution in [0.25, 0.3) is 10.8 Å². The van der Waals surface area contributed by atoms with Crippen molar-refractivity contribution in [3.8, 4) is 0 Å². The third kappa shape index (κ3) is 13.9. The smallest absolute Gasteiger partial charge is 0.297 e. The Labute approximate surface area is 290 Å². The first kappa shape index (κ1) is 40.1. The monoisotopic (exact) mass is 796 g/mol. The number of benzene rings is 5. The molecule has 0 fully saturated rings. The molecule has 0 radical (unpaired) electrons. The van der Waals surface area contributed by atoms with Crippen molar-refractivity contribution in [3.63, 3.8) is 0 Å². The Hall–Kier alpha value is -4.93. The van der Waals surface area contributed by atoms with Crippen molar-refractivity contribution in [3.05, 3.63) is 155 Å². The molecule has 47 heavy (non-hydrogen) atoms. The van der Waals surface area contributed by atoms with Crippen LogP contribution in [0.2, 0.25) is 0 Å². The molecule has 0 saturated heterocycles. The Kier molecular flexibility index (Phi) is 17.3. The molecule has 0 aromatic heterocycles. The number of ketones is 6. The van der Waals surface area contributed by atoms with Crippen LogP contribution in [0.15, 0.2) is 109 Å². The molecule has 5 aromatic carbocycles. The molecular formula is C40H36O6W. The molecule has 0 atom stereocenters. The van der Waals surface area contributed by atoms with E-state index in [2.05, 4.69) is 12.1 Å². The van der Waals surface area contributed by atoms with Crippen LogP contribution in [-0.2, 0) is 21.1 Å². The summed E-state index contributed by atoms with van der Waals surface area (Å²) in [5.74, 6) is 0.346. The normalized spacial score (nSPS) is 9.40. The molecule has 0 amide bonds. The van der Waals surface area contributed by atoms with E-state index in [1.54, 1.807) is 113 Å². The van der Waals surface area contributed by atoms with E-state index in [4.69, 9.17) is 0 Å². The molecule has 0 saturated carbocycles. The molecule has 5 rings (SSSR count). The maximum absolute atomic E-state index is 11.2. The maximum Gasteiger partial charge on any atom is 2.00 e. The molecule has 6 nitrogen and oxygen atoms in total. The van der Waals surface area contributed by atoms with E-state index < -0.39 is 0 Å². The first-order chi connectivity index (χ1) is 21.8. The summed E-state index contributed by atoms with van der Waals surface area (Å²) in [7, 11) is 0. The molecule has 7 heteroatoms. The van der Waals surface area contributed by atoms with Gasteiger partial charge in [0, 0.05) is 22.3 Å². The van der Waals surface area contributed by atoms with Gasteiger partial charge in [-0.3, -0.25) is 28.8 Å². The Bertz CT molecular complexity index is 1690. The summed E-state index contributed by atoms with van der Waals surface area (Å²) in [4.78, 5) is 65.4. The van der Waals surface area contributed by atoms with Gasteiger partial charge >= 0.3 is 21.1 Å². The molecule has 238 valence electrons. The summed E-state index contributed by atoms with van der Waals surface area (Å²) in [5.41, 5.74) is 4.16. The average molecular weight is 797 g/mol. The van der Waals surface area contributed by atoms with Gasteiger partial charge in [0.25, 0.3) is 0 Å². The van der Waals surface area contributed by atoms with E-state index in [0.717, 1.165) is 21.9 Å². The number of hydrogen-bond acceptors (Lipinski definition) is 6. The Balaban J connectivity index is 0.000000321. The Morgan fingerprint density at radius 3 is 0.766 bits per heavy atom. The van der Waals surface area contributed by atoms with Crippen molar-refractivity contribution in [2.24, 2.45) is 0 Å². The Morgan fingerprint density at radius 2 is 0.553 bits per heavy atom. The van der Waals surface area contributed by atoms with Crippen molar-refractivity contribution in [1.29, 1.82) is 0 Å². The largest absolute Gasteiger partial charge is 2.00 e. The first-order valence-corrected chi connectivity index (χ1v) is 14.4. The second-order valence-corrected chi connectivity index (χ2v) is 10.3. The fourth-order valence-electron chi connectivity index (χ4n) is 3.87. The molecule has 0 unspecified atom stereocenters. The van der Waals surface area contributed by atoms with E-state index in [1.165, 1.54) is 13.8 Å². The van der Waals surface area contributed by atoms with Crippen molar-refractivity contribution in [2.75, 3.05) is 0 Å². The van der Waals surface area contributed by atoms with Crippen LogP contribution in [0.5, 0.6) is 0 Å². The molecule has 0 aliphatic carbocycles. The van der Waals surface area contributed by atoms with E-state index in [9.17, 15) is 28.8 Å². The van der Waals surface area contributed by atoms with Crippen LogP contribution < -0.4 is 0 Å². The first-order valence-electron chi connectivity index (χ1n) is 14.4. The topological polar surface area (TPSA) is 102 Å². The van der Waals surface area contributed by atoms with E-state index in [0.29, 0.717) is 22.3 Å². The number of Topliss-reactive ketones (excluding diaryl/α,β-unsaturated/α-hetero) is 6. The predicted molar refractivity (Wildman–Crippen MR) is 181 cm³/mol. The average Bonchev–Trinajstić information content (AvgIpc) is 3.06. The van der Waals surface area contributed by atoms with Gasteiger partial charge in [-0.25, -0.2) is 0 Å². The molecule has 0 bridgehead atoms. The summed E-state index contributed by atoms with van der Waals surface area (Å²) >= 11 is 0. The molecule has 0 aliphatic heterocycles. The van der Waals surface area contributed by atoms with Gasteiger partial charge in [0.2, 0.25) is 0 Å². The molecule has 0 N–H and O–H groups in total. The zero-order chi connectivity index (χ0) is 34.2. The minimum absolute atomic E-state index is 0. The van der Waals surface area contributed by atoms with Crippen LogP contribution in [0, 0.1) is 12.1 Å². The second kappa shape index (κ2) is 20.2. The van der Waals surface area contributed by atoms with Crippen molar-refractivity contribution in [2.45, 2.75) is 41.5 Å². The second-order valence-electron chi connectivity index (χ2n) is 10.3. The third-order valence-electron chi connectivity index (χ3n) is 6.60. The fourth-order valence-corrected chi connectivity index (χ4v) is 3.87. The van der Waals surface area contributed by atoms with Gasteiger partial charge < -0.3 is 0 Å². The zero-order valence-corrected chi connectivity index (χ0v) is 30.2. The van der Waals surface area contributed by atoms with E-state index >= 15 is 0 Å². The van der Waals surface area contributed by atoms with Gasteiger partial charge in [0.1, 0.15) is 11.6 Å². The van der Waals surface area contributed by atoms with Gasteiger partial charge in [-0.05, 0) is 64.4 Å². The minimum atomic E-state index is 0. The zero-order valence-electron chi connectivity index (χ0n) is 27.3. The van der Waals surface area contributed by atoms with Crippen LogP contribution in [-0.4, -0.2) is 34.7 Å². The standard InChI is InChI=1S/C14H12O2.C10H10O2.2C8H7O.W/c1-9(15)11-3-5-14-8-12(10(2)16)4-6-13(14)7-11;1-7(11)9-3-5-10(6-4-9)8(2)12;2*1-7(9)8-5-3-2-4-6-8;/h3-8H,1-2H3;3-6H,1-2H3;2*3-6H,1H3;/q;;2*-1;+2. The fraction of sp³-hybridized carbons (Fsp3) is 0.150. The quantitative estimate of drug-likeness (QED) is 0.126. The summed E-state index contributed by atoms with van der Waals surface area (Å²) in [5, 5.41) is 1.97. The van der Waals surface area contributed by atoms with Crippen molar-refractivity contribution in [1.82, 2.24) is 0 Å².